The summed E-state index contributed by atoms with van der Waals surface area (Å²) in [5.74, 6) is 0.717. The Balaban J connectivity index is 1.72. The number of halogens is 2. The first-order valence-electron chi connectivity index (χ1n) is 10.0. The molecule has 6 nitrogen and oxygen atoms in total. The van der Waals surface area contributed by atoms with Crippen molar-refractivity contribution in [3.63, 3.8) is 0 Å². The number of aliphatic imine (C=N–C) groups is 1. The number of benzene rings is 1. The van der Waals surface area contributed by atoms with Gasteiger partial charge in [-0.25, -0.2) is 0 Å². The summed E-state index contributed by atoms with van der Waals surface area (Å²) in [5.41, 5.74) is 0.671. The van der Waals surface area contributed by atoms with E-state index in [9.17, 15) is 5.11 Å². The Labute approximate surface area is 178 Å². The van der Waals surface area contributed by atoms with Gasteiger partial charge in [0.2, 0.25) is 0 Å². The van der Waals surface area contributed by atoms with Crippen LogP contribution in [0.5, 0.6) is 0 Å². The Hall–Kier alpha value is -1.05. The van der Waals surface area contributed by atoms with Gasteiger partial charge in [0.05, 0.1) is 12.6 Å². The molecule has 0 saturated carbocycles. The van der Waals surface area contributed by atoms with Crippen molar-refractivity contribution in [2.24, 2.45) is 4.99 Å². The zero-order valence-corrected chi connectivity index (χ0v) is 18.4. The first-order chi connectivity index (χ1) is 13.5. The van der Waals surface area contributed by atoms with E-state index in [4.69, 9.17) is 23.2 Å². The van der Waals surface area contributed by atoms with Gasteiger partial charge >= 0.3 is 0 Å². The molecule has 1 unspecified atom stereocenters. The third kappa shape index (κ3) is 8.53. The summed E-state index contributed by atoms with van der Waals surface area (Å²) in [5, 5.41) is 18.0. The molecule has 8 heteroatoms. The number of unbranched alkanes of at least 4 members (excludes halogenated alkanes) is 1. The number of aliphatic hydroxyl groups is 1. The van der Waals surface area contributed by atoms with E-state index in [2.05, 4.69) is 32.5 Å². The third-order valence-electron chi connectivity index (χ3n) is 4.83. The summed E-state index contributed by atoms with van der Waals surface area (Å²) in [6, 6.07) is 5.08. The second-order valence-electron chi connectivity index (χ2n) is 7.22. The van der Waals surface area contributed by atoms with E-state index in [-0.39, 0.29) is 6.54 Å². The number of hydrogen-bond donors (Lipinski definition) is 3. The molecule has 0 amide bonds. The third-order valence-corrected chi connectivity index (χ3v) is 5.26. The van der Waals surface area contributed by atoms with Crippen molar-refractivity contribution < 1.29 is 5.11 Å². The van der Waals surface area contributed by atoms with Crippen LogP contribution in [-0.4, -0.2) is 80.3 Å². The first kappa shape index (κ1) is 23.2. The van der Waals surface area contributed by atoms with Crippen LogP contribution in [-0.2, 0) is 0 Å². The molecule has 0 spiro atoms. The molecule has 1 fully saturated rings. The van der Waals surface area contributed by atoms with Gasteiger partial charge in [0, 0.05) is 49.3 Å². The maximum absolute atomic E-state index is 10.4. The Morgan fingerprint density at radius 2 is 1.79 bits per heavy atom. The summed E-state index contributed by atoms with van der Waals surface area (Å²) in [6.45, 7) is 9.71. The van der Waals surface area contributed by atoms with Crippen molar-refractivity contribution in [2.45, 2.75) is 25.9 Å². The molecule has 1 aromatic rings. The van der Waals surface area contributed by atoms with E-state index in [1.165, 1.54) is 19.5 Å². The van der Waals surface area contributed by atoms with Gasteiger partial charge in [0.25, 0.3) is 0 Å². The molecule has 0 bridgehead atoms. The van der Waals surface area contributed by atoms with Crippen LogP contribution in [0.25, 0.3) is 0 Å². The number of likely N-dealkylation sites (N-methyl/N-ethyl adjacent to an activating group) is 1. The van der Waals surface area contributed by atoms with Gasteiger partial charge in [-0.2, -0.15) is 0 Å². The number of aliphatic hydroxyl groups excluding tert-OH is 1. The fourth-order valence-electron chi connectivity index (χ4n) is 3.13. The Kier molecular flexibility index (Phi) is 10.4. The molecular weight excluding hydrogens is 397 g/mol. The van der Waals surface area contributed by atoms with Crippen LogP contribution in [0.4, 0.5) is 0 Å². The summed E-state index contributed by atoms with van der Waals surface area (Å²) < 4.78 is 0. The highest BCUT2D eigenvalue weighted by atomic mass is 35.5. The highest BCUT2D eigenvalue weighted by molar-refractivity contribution is 6.34. The van der Waals surface area contributed by atoms with Crippen LogP contribution in [0.15, 0.2) is 23.2 Å². The molecule has 158 valence electrons. The zero-order valence-electron chi connectivity index (χ0n) is 16.9. The van der Waals surface area contributed by atoms with Crippen molar-refractivity contribution in [2.75, 3.05) is 59.4 Å². The average molecular weight is 430 g/mol. The number of guanidine groups is 1. The number of piperazine rings is 1. The molecule has 1 atom stereocenters. The molecule has 0 aliphatic carbocycles. The molecule has 1 saturated heterocycles. The quantitative estimate of drug-likeness (QED) is 0.319. The molecule has 3 N–H and O–H groups in total. The van der Waals surface area contributed by atoms with Crippen molar-refractivity contribution in [3.8, 4) is 0 Å². The second kappa shape index (κ2) is 12.5. The monoisotopic (exact) mass is 429 g/mol. The van der Waals surface area contributed by atoms with E-state index in [0.717, 1.165) is 39.1 Å². The van der Waals surface area contributed by atoms with E-state index in [1.54, 1.807) is 18.2 Å². The SMILES string of the molecule is CCNC(=NCC(O)c1cc(Cl)cc(Cl)c1)NCCCCN1CCN(C)CC1. The molecule has 1 aliphatic heterocycles. The van der Waals surface area contributed by atoms with Crippen LogP contribution < -0.4 is 10.6 Å². The fraction of sp³-hybridized carbons (Fsp3) is 0.650. The summed E-state index contributed by atoms with van der Waals surface area (Å²) in [7, 11) is 2.18. The van der Waals surface area contributed by atoms with Gasteiger partial charge in [-0.1, -0.05) is 23.2 Å². The lowest BCUT2D eigenvalue weighted by Crippen LogP contribution is -2.44. The summed E-state index contributed by atoms with van der Waals surface area (Å²) >= 11 is 12.0. The minimum Gasteiger partial charge on any atom is -0.386 e. The van der Waals surface area contributed by atoms with E-state index >= 15 is 0 Å². The van der Waals surface area contributed by atoms with Crippen molar-refractivity contribution in [3.05, 3.63) is 33.8 Å². The summed E-state index contributed by atoms with van der Waals surface area (Å²) in [4.78, 5) is 9.40. The zero-order chi connectivity index (χ0) is 20.4. The normalized spacial score (nSPS) is 17.5. The Bertz CT molecular complexity index is 600. The minimum atomic E-state index is -0.746. The van der Waals surface area contributed by atoms with Crippen molar-refractivity contribution in [1.29, 1.82) is 0 Å². The Morgan fingerprint density at radius 3 is 2.43 bits per heavy atom. The maximum Gasteiger partial charge on any atom is 0.191 e. The van der Waals surface area contributed by atoms with Gasteiger partial charge in [0.1, 0.15) is 0 Å². The molecule has 0 aromatic heterocycles. The van der Waals surface area contributed by atoms with Crippen LogP contribution in [0.1, 0.15) is 31.4 Å². The largest absolute Gasteiger partial charge is 0.386 e. The van der Waals surface area contributed by atoms with Crippen LogP contribution >= 0.6 is 23.2 Å². The highest BCUT2D eigenvalue weighted by Gasteiger charge is 2.13. The Morgan fingerprint density at radius 1 is 1.11 bits per heavy atom. The smallest absolute Gasteiger partial charge is 0.191 e. The van der Waals surface area contributed by atoms with E-state index in [1.807, 2.05) is 6.92 Å². The van der Waals surface area contributed by atoms with Crippen LogP contribution in [0, 0.1) is 0 Å². The lowest BCUT2D eigenvalue weighted by atomic mass is 10.1. The molecular formula is C20H33Cl2N5O. The van der Waals surface area contributed by atoms with Crippen molar-refractivity contribution in [1.82, 2.24) is 20.4 Å². The predicted octanol–water partition coefficient (Wildman–Crippen LogP) is 2.61. The van der Waals surface area contributed by atoms with Gasteiger partial charge in [-0.3, -0.25) is 4.99 Å². The van der Waals surface area contributed by atoms with Crippen LogP contribution in [0.3, 0.4) is 0 Å². The molecule has 1 heterocycles. The van der Waals surface area contributed by atoms with E-state index in [0.29, 0.717) is 21.6 Å². The van der Waals surface area contributed by atoms with Gasteiger partial charge in [0.15, 0.2) is 5.96 Å². The lowest BCUT2D eigenvalue weighted by Gasteiger charge is -2.32. The highest BCUT2D eigenvalue weighted by Crippen LogP contribution is 2.23. The average Bonchev–Trinajstić information content (AvgIpc) is 2.66. The molecule has 1 aromatic carbocycles. The van der Waals surface area contributed by atoms with Gasteiger partial charge in [-0.15, -0.1) is 0 Å². The fourth-order valence-corrected chi connectivity index (χ4v) is 3.67. The van der Waals surface area contributed by atoms with Crippen LogP contribution in [0.2, 0.25) is 10.0 Å². The standard InChI is InChI=1S/C20H33Cl2N5O/c1-3-23-20(24-6-4-5-7-27-10-8-26(2)9-11-27)25-15-19(28)16-12-17(21)14-18(22)13-16/h12-14,19,28H,3-11,15H2,1-2H3,(H2,23,24,25). The topological polar surface area (TPSA) is 63.1 Å². The maximum atomic E-state index is 10.4. The number of nitrogens with one attached hydrogen (secondary N) is 2. The second-order valence-corrected chi connectivity index (χ2v) is 8.09. The molecule has 2 rings (SSSR count). The molecule has 0 radical (unpaired) electrons. The minimum absolute atomic E-state index is 0.243. The van der Waals surface area contributed by atoms with Crippen molar-refractivity contribution >= 4 is 29.2 Å². The number of rotatable bonds is 9. The number of nitrogens with zero attached hydrogens (tertiary/aromatic N) is 3. The summed E-state index contributed by atoms with van der Waals surface area (Å²) in [6.07, 6.45) is 1.51. The lowest BCUT2D eigenvalue weighted by molar-refractivity contribution is 0.152. The molecule has 28 heavy (non-hydrogen) atoms. The van der Waals surface area contributed by atoms with Gasteiger partial charge in [-0.05, 0) is 57.1 Å². The molecule has 1 aliphatic rings. The first-order valence-corrected chi connectivity index (χ1v) is 10.8. The number of hydrogen-bond acceptors (Lipinski definition) is 4. The van der Waals surface area contributed by atoms with E-state index < -0.39 is 6.10 Å². The van der Waals surface area contributed by atoms with Gasteiger partial charge < -0.3 is 25.5 Å². The predicted molar refractivity (Wildman–Crippen MR) is 119 cm³/mol.